The lowest BCUT2D eigenvalue weighted by Crippen LogP contribution is -2.46. The highest BCUT2D eigenvalue weighted by molar-refractivity contribution is 5.95. The van der Waals surface area contributed by atoms with E-state index < -0.39 is 29.5 Å². The molecule has 8 nitrogen and oxygen atoms in total. The van der Waals surface area contributed by atoms with E-state index in [1.165, 1.54) is 6.20 Å². The van der Waals surface area contributed by atoms with Crippen molar-refractivity contribution in [1.82, 2.24) is 9.88 Å². The van der Waals surface area contributed by atoms with E-state index in [0.29, 0.717) is 0 Å². The molecule has 0 spiro atoms. The van der Waals surface area contributed by atoms with Crippen molar-refractivity contribution in [3.8, 4) is 0 Å². The minimum absolute atomic E-state index is 0.169. The molecule has 136 valence electrons. The lowest BCUT2D eigenvalue weighted by atomic mass is 10.0. The molecule has 1 heterocycles. The van der Waals surface area contributed by atoms with Gasteiger partial charge in [0, 0.05) is 11.1 Å². The molecule has 0 aliphatic rings. The van der Waals surface area contributed by atoms with E-state index in [0.717, 1.165) is 17.0 Å². The zero-order valence-electron chi connectivity index (χ0n) is 14.9. The van der Waals surface area contributed by atoms with Gasteiger partial charge in [-0.3, -0.25) is 9.78 Å². The maximum atomic E-state index is 13.4. The minimum atomic E-state index is -1.09. The normalized spacial score (nSPS) is 12.3. The van der Waals surface area contributed by atoms with Crippen LogP contribution < -0.4 is 0 Å². The molecule has 0 unspecified atom stereocenters. The smallest absolute Gasteiger partial charge is 0.417 e. The maximum Gasteiger partial charge on any atom is 0.417 e. The third kappa shape index (κ3) is 6.39. The summed E-state index contributed by atoms with van der Waals surface area (Å²) in [5.74, 6) is -1.61. The van der Waals surface area contributed by atoms with Crippen LogP contribution in [0.2, 0.25) is 0 Å². The summed E-state index contributed by atoms with van der Waals surface area (Å²) >= 11 is 0. The van der Waals surface area contributed by atoms with Crippen molar-refractivity contribution < 1.29 is 18.7 Å². The van der Waals surface area contributed by atoms with Crippen molar-refractivity contribution in [3.05, 3.63) is 40.3 Å². The number of hydrogen-bond donors (Lipinski definition) is 0. The van der Waals surface area contributed by atoms with E-state index >= 15 is 0 Å². The first-order valence-electron chi connectivity index (χ1n) is 7.74. The van der Waals surface area contributed by atoms with E-state index in [4.69, 9.17) is 10.3 Å². The highest BCUT2D eigenvalue weighted by atomic mass is 19.1. The number of nitrogens with zero attached hydrogens (tertiary/aromatic N) is 5. The number of imide groups is 1. The van der Waals surface area contributed by atoms with Crippen molar-refractivity contribution in [2.45, 2.75) is 52.8 Å². The zero-order valence-corrected chi connectivity index (χ0v) is 14.9. The third-order valence-electron chi connectivity index (χ3n) is 3.04. The summed E-state index contributed by atoms with van der Waals surface area (Å²) in [5, 5.41) is 3.47. The second kappa shape index (κ2) is 8.43. The van der Waals surface area contributed by atoms with Gasteiger partial charge in [0.15, 0.2) is 0 Å². The Morgan fingerprint density at radius 2 is 2.08 bits per heavy atom. The molecule has 0 radical (unpaired) electrons. The Kier molecular flexibility index (Phi) is 6.87. The Bertz CT molecular complexity index is 681. The van der Waals surface area contributed by atoms with Crippen molar-refractivity contribution in [1.29, 1.82) is 0 Å². The van der Waals surface area contributed by atoms with Gasteiger partial charge in [0.05, 0.1) is 12.2 Å². The summed E-state index contributed by atoms with van der Waals surface area (Å²) in [6.45, 7) is 8.04. The lowest BCUT2D eigenvalue weighted by molar-refractivity contribution is -0.133. The van der Waals surface area contributed by atoms with Crippen LogP contribution >= 0.6 is 0 Å². The molecule has 0 N–H and O–H groups in total. The van der Waals surface area contributed by atoms with Crippen molar-refractivity contribution in [2.24, 2.45) is 11.0 Å². The van der Waals surface area contributed by atoms with Gasteiger partial charge in [-0.1, -0.05) is 19.0 Å². The SMILES string of the molecule is CC(C)[C@H](N=[N+]=[N-])C(=O)N(Cc1cc(F)ccn1)C(=O)OC(C)(C)C. The zero-order chi connectivity index (χ0) is 19.2. The predicted molar refractivity (Wildman–Crippen MR) is 88.8 cm³/mol. The van der Waals surface area contributed by atoms with Gasteiger partial charge in [-0.05, 0) is 44.4 Å². The molecule has 0 aliphatic carbocycles. The average Bonchev–Trinajstić information content (AvgIpc) is 2.47. The van der Waals surface area contributed by atoms with Crippen LogP contribution in [0.4, 0.5) is 9.18 Å². The summed E-state index contributed by atoms with van der Waals surface area (Å²) in [5.41, 5.74) is 8.01. The van der Waals surface area contributed by atoms with Crippen molar-refractivity contribution in [3.63, 3.8) is 0 Å². The fraction of sp³-hybridized carbons (Fsp3) is 0.562. The van der Waals surface area contributed by atoms with Crippen LogP contribution in [0.1, 0.15) is 40.3 Å². The number of carbonyl (C=O) groups is 2. The van der Waals surface area contributed by atoms with Crippen LogP contribution in [-0.4, -0.2) is 33.5 Å². The molecular weight excluding hydrogens is 329 g/mol. The molecule has 1 aromatic rings. The number of amides is 2. The molecule has 0 aromatic carbocycles. The maximum absolute atomic E-state index is 13.4. The number of azide groups is 1. The van der Waals surface area contributed by atoms with E-state index in [9.17, 15) is 14.0 Å². The number of hydrogen-bond acceptors (Lipinski definition) is 5. The first-order valence-corrected chi connectivity index (χ1v) is 7.74. The molecule has 1 atom stereocenters. The van der Waals surface area contributed by atoms with Gasteiger partial charge in [-0.25, -0.2) is 14.1 Å². The summed E-state index contributed by atoms with van der Waals surface area (Å²) in [6, 6.07) is 1.17. The molecule has 0 aliphatic heterocycles. The molecule has 9 heteroatoms. The Labute approximate surface area is 145 Å². The summed E-state index contributed by atoms with van der Waals surface area (Å²) in [4.78, 5) is 32.6. The van der Waals surface area contributed by atoms with E-state index in [1.807, 2.05) is 0 Å². The van der Waals surface area contributed by atoms with Crippen LogP contribution in [0.15, 0.2) is 23.4 Å². The molecular formula is C16H22FN5O3. The molecule has 0 fully saturated rings. The van der Waals surface area contributed by atoms with Gasteiger partial charge in [-0.2, -0.15) is 0 Å². The van der Waals surface area contributed by atoms with Crippen LogP contribution in [-0.2, 0) is 16.1 Å². The number of ether oxygens (including phenoxy) is 1. The van der Waals surface area contributed by atoms with E-state index in [1.54, 1.807) is 34.6 Å². The molecule has 0 saturated carbocycles. The van der Waals surface area contributed by atoms with E-state index in [-0.39, 0.29) is 18.2 Å². The second-order valence-corrected chi connectivity index (χ2v) is 6.76. The molecule has 25 heavy (non-hydrogen) atoms. The number of aromatic nitrogens is 1. The third-order valence-corrected chi connectivity index (χ3v) is 3.04. The molecule has 0 saturated heterocycles. The van der Waals surface area contributed by atoms with Crippen LogP contribution in [0.25, 0.3) is 10.4 Å². The molecule has 1 aromatic heterocycles. The molecule has 2 amide bonds. The van der Waals surface area contributed by atoms with Gasteiger partial charge in [0.2, 0.25) is 5.91 Å². The van der Waals surface area contributed by atoms with Crippen LogP contribution in [0, 0.1) is 11.7 Å². The second-order valence-electron chi connectivity index (χ2n) is 6.76. The van der Waals surface area contributed by atoms with Crippen molar-refractivity contribution in [2.75, 3.05) is 0 Å². The first-order chi connectivity index (χ1) is 11.5. The van der Waals surface area contributed by atoms with E-state index in [2.05, 4.69) is 15.0 Å². The molecule has 1 rings (SSSR count). The van der Waals surface area contributed by atoms with Gasteiger partial charge < -0.3 is 4.74 Å². The summed E-state index contributed by atoms with van der Waals surface area (Å²) < 4.78 is 18.6. The number of rotatable bonds is 5. The minimum Gasteiger partial charge on any atom is -0.443 e. The Balaban J connectivity index is 3.19. The quantitative estimate of drug-likeness (QED) is 0.456. The van der Waals surface area contributed by atoms with Crippen LogP contribution in [0.3, 0.4) is 0 Å². The fourth-order valence-electron chi connectivity index (χ4n) is 1.93. The molecule has 0 bridgehead atoms. The van der Waals surface area contributed by atoms with Gasteiger partial charge in [-0.15, -0.1) is 0 Å². The van der Waals surface area contributed by atoms with Crippen LogP contribution in [0.5, 0.6) is 0 Å². The number of pyridine rings is 1. The van der Waals surface area contributed by atoms with Gasteiger partial charge >= 0.3 is 6.09 Å². The number of carbonyl (C=O) groups excluding carboxylic acids is 2. The average molecular weight is 351 g/mol. The number of halogens is 1. The summed E-state index contributed by atoms with van der Waals surface area (Å²) in [6.07, 6.45) is 0.317. The summed E-state index contributed by atoms with van der Waals surface area (Å²) in [7, 11) is 0. The predicted octanol–water partition coefficient (Wildman–Crippen LogP) is 3.82. The Hall–Kier alpha value is -2.67. The Morgan fingerprint density at radius 1 is 1.44 bits per heavy atom. The largest absolute Gasteiger partial charge is 0.443 e. The highest BCUT2D eigenvalue weighted by Crippen LogP contribution is 2.17. The fourth-order valence-corrected chi connectivity index (χ4v) is 1.93. The Morgan fingerprint density at radius 3 is 2.56 bits per heavy atom. The van der Waals surface area contributed by atoms with Gasteiger partial charge in [0.1, 0.15) is 17.5 Å². The van der Waals surface area contributed by atoms with Gasteiger partial charge in [0.25, 0.3) is 0 Å². The monoisotopic (exact) mass is 351 g/mol. The topological polar surface area (TPSA) is 108 Å². The lowest BCUT2D eigenvalue weighted by Gasteiger charge is -2.28. The first kappa shape index (κ1) is 20.4. The van der Waals surface area contributed by atoms with Crippen molar-refractivity contribution >= 4 is 12.0 Å². The highest BCUT2D eigenvalue weighted by Gasteiger charge is 2.33. The standard InChI is InChI=1S/C16H22FN5O3/c1-10(2)13(20-21-18)14(23)22(15(24)25-16(3,4)5)9-12-8-11(17)6-7-19-12/h6-8,10,13H,9H2,1-5H3/t13-/m0/s1.